The number of thioether (sulfide) groups is 1. The van der Waals surface area contributed by atoms with Gasteiger partial charge in [0.1, 0.15) is 9.84 Å². The van der Waals surface area contributed by atoms with Crippen molar-refractivity contribution in [3.05, 3.63) is 29.8 Å². The molecular weight excluding hydrogens is 278 g/mol. The highest BCUT2D eigenvalue weighted by Gasteiger charge is 2.13. The molecule has 1 N–H and O–H groups in total. The minimum absolute atomic E-state index is 0.116. The van der Waals surface area contributed by atoms with Crippen LogP contribution in [0.15, 0.2) is 29.2 Å². The second kappa shape index (κ2) is 7.92. The molecule has 0 fully saturated rings. The first kappa shape index (κ1) is 16.5. The van der Waals surface area contributed by atoms with E-state index in [1.807, 2.05) is 6.26 Å². The van der Waals surface area contributed by atoms with Gasteiger partial charge in [-0.05, 0) is 43.3 Å². The number of nitrogens with one attached hydrogen (secondary N) is 1. The predicted octanol–water partition coefficient (Wildman–Crippen LogP) is 2.88. The molecule has 1 aromatic carbocycles. The highest BCUT2D eigenvalue weighted by molar-refractivity contribution is 7.98. The van der Waals surface area contributed by atoms with E-state index in [-0.39, 0.29) is 11.8 Å². The van der Waals surface area contributed by atoms with E-state index in [9.17, 15) is 8.42 Å². The van der Waals surface area contributed by atoms with E-state index in [2.05, 4.69) is 36.5 Å². The van der Waals surface area contributed by atoms with Crippen molar-refractivity contribution < 1.29 is 8.42 Å². The zero-order chi connectivity index (χ0) is 14.3. The average Bonchev–Trinajstić information content (AvgIpc) is 2.38. The minimum Gasteiger partial charge on any atom is -0.310 e. The predicted molar refractivity (Wildman–Crippen MR) is 83.6 cm³/mol. The molecule has 0 aliphatic carbocycles. The summed E-state index contributed by atoms with van der Waals surface area (Å²) in [6.45, 7) is 3.01. The maximum absolute atomic E-state index is 11.3. The smallest absolute Gasteiger partial charge is 0.147 e. The van der Waals surface area contributed by atoms with E-state index < -0.39 is 9.84 Å². The van der Waals surface area contributed by atoms with Crippen LogP contribution >= 0.6 is 11.8 Å². The Bertz CT molecular complexity index is 469. The van der Waals surface area contributed by atoms with Gasteiger partial charge in [-0.3, -0.25) is 0 Å². The Hall–Kier alpha value is -0.520. The highest BCUT2D eigenvalue weighted by Crippen LogP contribution is 2.21. The van der Waals surface area contributed by atoms with Gasteiger partial charge in [0.25, 0.3) is 0 Å². The Labute approximate surface area is 121 Å². The SMILES string of the molecule is CCCNC(CCS(C)(=O)=O)c1ccc(SC)cc1. The minimum atomic E-state index is -2.91. The van der Waals surface area contributed by atoms with Crippen LogP contribution in [0.4, 0.5) is 0 Å². The van der Waals surface area contributed by atoms with E-state index >= 15 is 0 Å². The summed E-state index contributed by atoms with van der Waals surface area (Å²) in [4.78, 5) is 1.22. The van der Waals surface area contributed by atoms with Gasteiger partial charge in [0.15, 0.2) is 0 Å². The van der Waals surface area contributed by atoms with Crippen molar-refractivity contribution in [3.63, 3.8) is 0 Å². The summed E-state index contributed by atoms with van der Waals surface area (Å²) in [5.74, 6) is 0.221. The van der Waals surface area contributed by atoms with Crippen LogP contribution in [0.25, 0.3) is 0 Å². The number of sulfone groups is 1. The van der Waals surface area contributed by atoms with Gasteiger partial charge in [-0.1, -0.05) is 19.1 Å². The Kier molecular flexibility index (Phi) is 6.89. The maximum Gasteiger partial charge on any atom is 0.147 e. The summed E-state index contributed by atoms with van der Waals surface area (Å²) in [7, 11) is -2.91. The van der Waals surface area contributed by atoms with Gasteiger partial charge in [0.2, 0.25) is 0 Å². The summed E-state index contributed by atoms with van der Waals surface area (Å²) in [5, 5.41) is 3.42. The van der Waals surface area contributed by atoms with E-state index in [4.69, 9.17) is 0 Å². The summed E-state index contributed by atoms with van der Waals surface area (Å²) < 4.78 is 22.6. The van der Waals surface area contributed by atoms with Crippen LogP contribution < -0.4 is 5.32 Å². The third-order valence-electron chi connectivity index (χ3n) is 2.94. The fraction of sp³-hybridized carbons (Fsp3) is 0.571. The van der Waals surface area contributed by atoms with Crippen LogP contribution in [0.3, 0.4) is 0 Å². The molecule has 5 heteroatoms. The quantitative estimate of drug-likeness (QED) is 0.750. The molecule has 1 atom stereocenters. The second-order valence-corrected chi connectivity index (χ2v) is 7.84. The van der Waals surface area contributed by atoms with Crippen molar-refractivity contribution in [2.45, 2.75) is 30.7 Å². The Morgan fingerprint density at radius 3 is 2.37 bits per heavy atom. The number of benzene rings is 1. The first-order chi connectivity index (χ1) is 8.96. The summed E-state index contributed by atoms with van der Waals surface area (Å²) in [6.07, 6.45) is 5.00. The Morgan fingerprint density at radius 1 is 1.26 bits per heavy atom. The van der Waals surface area contributed by atoms with Crippen LogP contribution in [0, 0.1) is 0 Å². The van der Waals surface area contributed by atoms with Crippen LogP contribution in [0.1, 0.15) is 31.4 Å². The van der Waals surface area contributed by atoms with Gasteiger partial charge in [0.05, 0.1) is 5.75 Å². The molecule has 0 saturated heterocycles. The van der Waals surface area contributed by atoms with Crippen LogP contribution in [-0.4, -0.2) is 33.2 Å². The molecule has 0 spiro atoms. The molecule has 0 amide bonds. The molecule has 19 heavy (non-hydrogen) atoms. The van der Waals surface area contributed by atoms with Gasteiger partial charge in [-0.15, -0.1) is 11.8 Å². The van der Waals surface area contributed by atoms with Crippen LogP contribution in [-0.2, 0) is 9.84 Å². The molecule has 108 valence electrons. The van der Waals surface area contributed by atoms with Crippen LogP contribution in [0.2, 0.25) is 0 Å². The zero-order valence-corrected chi connectivity index (χ0v) is 13.5. The molecule has 0 bridgehead atoms. The molecule has 1 unspecified atom stereocenters. The fourth-order valence-electron chi connectivity index (χ4n) is 1.87. The average molecular weight is 301 g/mol. The molecule has 0 saturated carbocycles. The van der Waals surface area contributed by atoms with E-state index in [0.717, 1.165) is 18.5 Å². The number of hydrogen-bond acceptors (Lipinski definition) is 4. The fourth-order valence-corrected chi connectivity index (χ4v) is 2.95. The van der Waals surface area contributed by atoms with Gasteiger partial charge in [-0.2, -0.15) is 0 Å². The lowest BCUT2D eigenvalue weighted by molar-refractivity contribution is 0.513. The van der Waals surface area contributed by atoms with E-state index in [0.29, 0.717) is 6.42 Å². The molecular formula is C14H23NO2S2. The van der Waals surface area contributed by atoms with Gasteiger partial charge in [-0.25, -0.2) is 8.42 Å². The van der Waals surface area contributed by atoms with Gasteiger partial charge < -0.3 is 5.32 Å². The monoisotopic (exact) mass is 301 g/mol. The largest absolute Gasteiger partial charge is 0.310 e. The molecule has 1 rings (SSSR count). The van der Waals surface area contributed by atoms with Crippen LogP contribution in [0.5, 0.6) is 0 Å². The normalized spacial score (nSPS) is 13.4. The summed E-state index contributed by atoms with van der Waals surface area (Å²) in [6, 6.07) is 8.45. The lowest BCUT2D eigenvalue weighted by Gasteiger charge is -2.19. The topological polar surface area (TPSA) is 46.2 Å². The lowest BCUT2D eigenvalue weighted by Crippen LogP contribution is -2.24. The molecule has 0 radical (unpaired) electrons. The number of rotatable bonds is 8. The first-order valence-electron chi connectivity index (χ1n) is 6.51. The van der Waals surface area contributed by atoms with Crippen molar-refractivity contribution in [1.29, 1.82) is 0 Å². The Morgan fingerprint density at radius 2 is 1.89 bits per heavy atom. The molecule has 1 aromatic rings. The maximum atomic E-state index is 11.3. The van der Waals surface area contributed by atoms with Crippen molar-refractivity contribution in [2.24, 2.45) is 0 Å². The Balaban J connectivity index is 2.76. The molecule has 3 nitrogen and oxygen atoms in total. The molecule has 0 heterocycles. The van der Waals surface area contributed by atoms with Crippen molar-refractivity contribution in [2.75, 3.05) is 24.8 Å². The van der Waals surface area contributed by atoms with E-state index in [1.165, 1.54) is 11.2 Å². The zero-order valence-electron chi connectivity index (χ0n) is 11.8. The summed E-state index contributed by atoms with van der Waals surface area (Å²) in [5.41, 5.74) is 1.16. The van der Waals surface area contributed by atoms with Gasteiger partial charge in [0, 0.05) is 17.2 Å². The third-order valence-corrected chi connectivity index (χ3v) is 4.66. The highest BCUT2D eigenvalue weighted by atomic mass is 32.2. The van der Waals surface area contributed by atoms with E-state index in [1.54, 1.807) is 11.8 Å². The third kappa shape index (κ3) is 6.45. The van der Waals surface area contributed by atoms with Crippen molar-refractivity contribution in [3.8, 4) is 0 Å². The van der Waals surface area contributed by atoms with Gasteiger partial charge >= 0.3 is 0 Å². The lowest BCUT2D eigenvalue weighted by atomic mass is 10.0. The van der Waals surface area contributed by atoms with Crippen molar-refractivity contribution in [1.82, 2.24) is 5.32 Å². The number of hydrogen-bond donors (Lipinski definition) is 1. The standard InChI is InChI=1S/C14H23NO2S2/c1-4-10-15-14(9-11-19(3,16)17)12-5-7-13(18-2)8-6-12/h5-8,14-15H,4,9-11H2,1-3H3. The molecule has 0 aromatic heterocycles. The second-order valence-electron chi connectivity index (χ2n) is 4.70. The molecule has 0 aliphatic heterocycles. The first-order valence-corrected chi connectivity index (χ1v) is 9.80. The summed E-state index contributed by atoms with van der Waals surface area (Å²) >= 11 is 1.71. The molecule has 0 aliphatic rings. The van der Waals surface area contributed by atoms with Crippen molar-refractivity contribution >= 4 is 21.6 Å².